The van der Waals surface area contributed by atoms with Crippen molar-refractivity contribution in [1.29, 1.82) is 0 Å². The monoisotopic (exact) mass is 1140 g/mol. The summed E-state index contributed by atoms with van der Waals surface area (Å²) in [6, 6.07) is 95.0. The third-order valence-corrected chi connectivity index (χ3v) is 12.9. The molecule has 9 aromatic carbocycles. The van der Waals surface area contributed by atoms with Crippen LogP contribution in [0.5, 0.6) is 0 Å². The topological polar surface area (TPSA) is 74.3 Å². The van der Waals surface area contributed by atoms with Gasteiger partial charge in [-0.15, -0.1) is 71.8 Å². The van der Waals surface area contributed by atoms with Crippen LogP contribution >= 0.6 is 0 Å². The van der Waals surface area contributed by atoms with Crippen molar-refractivity contribution in [1.82, 2.24) is 34.1 Å². The quantitative estimate of drug-likeness (QED) is 0.149. The molecule has 359 valence electrons. The molecule has 0 unspecified atom stereocenters. The average molecular weight is 1140 g/mol. The summed E-state index contributed by atoms with van der Waals surface area (Å²) >= 11 is 0. The molecule has 0 aliphatic carbocycles. The molecule has 0 N–H and O–H groups in total. The number of hydrogen-bond donors (Lipinski definition) is 0. The second kappa shape index (κ2) is 22.1. The van der Waals surface area contributed by atoms with Crippen LogP contribution in [0.3, 0.4) is 0 Å². The smallest absolute Gasteiger partial charge is 0.238 e. The van der Waals surface area contributed by atoms with Crippen LogP contribution in [0.1, 0.15) is 0 Å². The number of benzene rings is 9. The van der Waals surface area contributed by atoms with Gasteiger partial charge in [-0.3, -0.25) is 4.57 Å². The van der Waals surface area contributed by atoms with E-state index >= 15 is 0 Å². The number of para-hydroxylation sites is 3. The van der Waals surface area contributed by atoms with Gasteiger partial charge in [0.15, 0.2) is 11.6 Å². The SMILES string of the molecule is [Ir].[c-]1ccccc1-c1cc(-c2ccccc2)ccn1.[c-]1ccccc1-c1ccccn1.c1ccc(-c2nc(-c3ccccc3)nc(-n3c4ccccc4c4cc5c6ccccc6n(-c6ccccc6)c5cc43)n2)cc1. The fourth-order valence-corrected chi connectivity index (χ4v) is 9.41. The Morgan fingerprint density at radius 2 is 0.787 bits per heavy atom. The Kier molecular flexibility index (Phi) is 14.1. The fraction of sp³-hybridized carbons (Fsp3) is 0. The van der Waals surface area contributed by atoms with Gasteiger partial charge in [-0.1, -0.05) is 164 Å². The molecule has 0 aliphatic heterocycles. The van der Waals surface area contributed by atoms with Gasteiger partial charge in [0.1, 0.15) is 0 Å². The van der Waals surface area contributed by atoms with Crippen LogP contribution in [0.25, 0.3) is 112 Å². The van der Waals surface area contributed by atoms with Gasteiger partial charge in [0.2, 0.25) is 5.95 Å². The molecule has 0 fully saturated rings. The maximum atomic E-state index is 5.11. The number of pyridine rings is 2. The van der Waals surface area contributed by atoms with Gasteiger partial charge in [0.05, 0.1) is 22.1 Å². The summed E-state index contributed by atoms with van der Waals surface area (Å²) in [6.45, 7) is 0. The van der Waals surface area contributed by atoms with Crippen molar-refractivity contribution >= 4 is 43.6 Å². The molecule has 0 atom stereocenters. The minimum absolute atomic E-state index is 0. The van der Waals surface area contributed by atoms with Gasteiger partial charge >= 0.3 is 0 Å². The zero-order chi connectivity index (χ0) is 49.5. The van der Waals surface area contributed by atoms with E-state index in [1.807, 2.05) is 158 Å². The molecule has 1 radical (unpaired) electrons. The molecule has 75 heavy (non-hydrogen) atoms. The summed E-state index contributed by atoms with van der Waals surface area (Å²) in [5.41, 5.74) is 13.8. The molecular weight excluding hydrogens is 1100 g/mol. The molecule has 0 bridgehead atoms. The summed E-state index contributed by atoms with van der Waals surface area (Å²) in [7, 11) is 0. The number of hydrogen-bond acceptors (Lipinski definition) is 5. The van der Waals surface area contributed by atoms with E-state index in [0.29, 0.717) is 17.6 Å². The molecule has 5 aromatic heterocycles. The van der Waals surface area contributed by atoms with E-state index in [0.717, 1.165) is 66.7 Å². The van der Waals surface area contributed by atoms with Crippen LogP contribution in [0, 0.1) is 12.1 Å². The third kappa shape index (κ3) is 10.0. The number of fused-ring (bicyclic) bond motifs is 6. The Morgan fingerprint density at radius 3 is 1.35 bits per heavy atom. The van der Waals surface area contributed by atoms with Gasteiger partial charge in [0, 0.05) is 70.9 Å². The van der Waals surface area contributed by atoms with Crippen LogP contribution in [-0.2, 0) is 20.1 Å². The first kappa shape index (κ1) is 47.8. The molecule has 14 rings (SSSR count). The van der Waals surface area contributed by atoms with Crippen LogP contribution in [0.15, 0.2) is 273 Å². The molecule has 5 heterocycles. The standard InChI is InChI=1S/C39H25N5.C17H12N.C11H8N.Ir/c1-4-14-26(15-5-1)37-40-38(27-16-6-2-7-17-27)42-39(41-37)44-34-23-13-11-21-30(34)32-24-31-29-20-10-12-22-33(29)43(35(31)25-36(32)44)28-18-8-3-9-19-28;1-3-7-14(8-4-1)16-11-12-18-17(13-16)15-9-5-2-6-10-15;1-2-6-10(7-3-1)11-8-4-5-9-12-11;/h1-25H;1-9,11-13H;1-6,8-9H;/q;2*-1;. The molecule has 0 saturated carbocycles. The molecule has 0 spiro atoms. The second-order valence-electron chi connectivity index (χ2n) is 17.5. The molecule has 0 aliphatic rings. The summed E-state index contributed by atoms with van der Waals surface area (Å²) in [5.74, 6) is 1.87. The number of rotatable bonds is 7. The van der Waals surface area contributed by atoms with E-state index in [-0.39, 0.29) is 20.1 Å². The zero-order valence-corrected chi connectivity index (χ0v) is 42.8. The van der Waals surface area contributed by atoms with Gasteiger partial charge < -0.3 is 14.5 Å². The Hall–Kier alpha value is -9.46. The maximum Gasteiger partial charge on any atom is 0.238 e. The van der Waals surface area contributed by atoms with Crippen molar-refractivity contribution < 1.29 is 20.1 Å². The number of aromatic nitrogens is 7. The van der Waals surface area contributed by atoms with Crippen molar-refractivity contribution in [2.24, 2.45) is 0 Å². The van der Waals surface area contributed by atoms with Gasteiger partial charge in [0.25, 0.3) is 0 Å². The van der Waals surface area contributed by atoms with Crippen LogP contribution in [0.4, 0.5) is 0 Å². The number of nitrogens with zero attached hydrogens (tertiary/aromatic N) is 7. The molecule has 0 saturated heterocycles. The van der Waals surface area contributed by atoms with Crippen LogP contribution < -0.4 is 0 Å². The first-order valence-corrected chi connectivity index (χ1v) is 24.5. The Balaban J connectivity index is 0.000000158. The molecule has 7 nitrogen and oxygen atoms in total. The largest absolute Gasteiger partial charge is 0.309 e. The van der Waals surface area contributed by atoms with Crippen LogP contribution in [0.2, 0.25) is 0 Å². The Bertz CT molecular complexity index is 4000. The minimum Gasteiger partial charge on any atom is -0.309 e. The summed E-state index contributed by atoms with van der Waals surface area (Å²) in [5, 5.41) is 4.75. The van der Waals surface area contributed by atoms with Crippen molar-refractivity contribution in [3.05, 3.63) is 285 Å². The van der Waals surface area contributed by atoms with Crippen molar-refractivity contribution in [3.8, 4) is 68.1 Å². The van der Waals surface area contributed by atoms with E-state index < -0.39 is 0 Å². The zero-order valence-electron chi connectivity index (χ0n) is 40.4. The summed E-state index contributed by atoms with van der Waals surface area (Å²) in [4.78, 5) is 23.8. The maximum absolute atomic E-state index is 5.11. The second-order valence-corrected chi connectivity index (χ2v) is 17.5. The van der Waals surface area contributed by atoms with Crippen LogP contribution in [-0.4, -0.2) is 34.1 Å². The Labute approximate surface area is 448 Å². The summed E-state index contributed by atoms with van der Waals surface area (Å²) < 4.78 is 4.54. The fourth-order valence-electron chi connectivity index (χ4n) is 9.41. The Morgan fingerprint density at radius 1 is 0.307 bits per heavy atom. The van der Waals surface area contributed by atoms with Crippen molar-refractivity contribution in [2.75, 3.05) is 0 Å². The van der Waals surface area contributed by atoms with Gasteiger partial charge in [-0.05, 0) is 71.0 Å². The molecule has 0 amide bonds. The van der Waals surface area contributed by atoms with E-state index in [4.69, 9.17) is 15.0 Å². The minimum atomic E-state index is 0. The van der Waals surface area contributed by atoms with E-state index in [1.165, 1.54) is 27.4 Å². The molecule has 8 heteroatoms. The first-order valence-electron chi connectivity index (χ1n) is 24.5. The average Bonchev–Trinajstić information content (AvgIpc) is 4.06. The third-order valence-electron chi connectivity index (χ3n) is 12.9. The predicted molar refractivity (Wildman–Crippen MR) is 302 cm³/mol. The van der Waals surface area contributed by atoms with Gasteiger partial charge in [-0.2, -0.15) is 9.97 Å². The predicted octanol–water partition coefficient (Wildman–Crippen LogP) is 16.2. The van der Waals surface area contributed by atoms with E-state index in [9.17, 15) is 0 Å². The van der Waals surface area contributed by atoms with Crippen molar-refractivity contribution in [3.63, 3.8) is 0 Å². The molecular formula is C67H45IrN7-2. The molecule has 14 aromatic rings. The van der Waals surface area contributed by atoms with E-state index in [2.05, 4.69) is 140 Å². The first-order chi connectivity index (χ1) is 36.7. The normalized spacial score (nSPS) is 10.8. The van der Waals surface area contributed by atoms with Crippen molar-refractivity contribution in [2.45, 2.75) is 0 Å². The van der Waals surface area contributed by atoms with E-state index in [1.54, 1.807) is 6.20 Å². The van der Waals surface area contributed by atoms with Gasteiger partial charge in [-0.25, -0.2) is 4.98 Å². The summed E-state index contributed by atoms with van der Waals surface area (Å²) in [6.07, 6.45) is 3.63.